The van der Waals surface area contributed by atoms with Crippen LogP contribution in [0.5, 0.6) is 0 Å². The summed E-state index contributed by atoms with van der Waals surface area (Å²) in [5.74, 6) is -0.0610. The second-order valence-corrected chi connectivity index (χ2v) is 14.3. The summed E-state index contributed by atoms with van der Waals surface area (Å²) in [5, 5.41) is 18.7. The maximum absolute atomic E-state index is 15.4. The molecule has 49 heavy (non-hydrogen) atoms. The van der Waals surface area contributed by atoms with Gasteiger partial charge in [-0.25, -0.2) is 14.2 Å². The molecule has 0 saturated carbocycles. The average molecular weight is 670 g/mol. The lowest BCUT2D eigenvalue weighted by atomic mass is 9.86. The largest absolute Gasteiger partial charge is 0.444 e. The molecule has 1 aliphatic heterocycles. The van der Waals surface area contributed by atoms with Crippen molar-refractivity contribution >= 4 is 28.4 Å². The van der Waals surface area contributed by atoms with Crippen LogP contribution < -0.4 is 16.4 Å². The number of rotatable bonds is 5. The third kappa shape index (κ3) is 6.58. The number of aliphatic hydroxyl groups is 1. The maximum atomic E-state index is 15.4. The van der Waals surface area contributed by atoms with Gasteiger partial charge in [-0.1, -0.05) is 26.8 Å². The summed E-state index contributed by atoms with van der Waals surface area (Å²) in [4.78, 5) is 45.6. The number of aryl methyl sites for hydroxylation is 1. The Labute approximate surface area is 282 Å². The summed E-state index contributed by atoms with van der Waals surface area (Å²) in [6.45, 7) is 12.1. The normalized spacial score (nSPS) is 13.4. The summed E-state index contributed by atoms with van der Waals surface area (Å²) >= 11 is 0. The van der Waals surface area contributed by atoms with Crippen LogP contribution in [0, 0.1) is 5.82 Å². The number of carbonyl (C=O) groups is 1. The highest BCUT2D eigenvalue weighted by atomic mass is 19.1. The molecule has 4 aromatic heterocycles. The topological polar surface area (TPSA) is 137 Å². The molecule has 0 fully saturated rings. The first-order valence-corrected chi connectivity index (χ1v) is 16.0. The van der Waals surface area contributed by atoms with E-state index in [1.54, 1.807) is 47.1 Å². The number of amides is 1. The van der Waals surface area contributed by atoms with Gasteiger partial charge in [0.25, 0.3) is 11.1 Å². The molecular weight excluding hydrogens is 629 g/mol. The highest BCUT2D eigenvalue weighted by molar-refractivity contribution is 5.84. The summed E-state index contributed by atoms with van der Waals surface area (Å²) < 4.78 is 25.3. The van der Waals surface area contributed by atoms with Crippen molar-refractivity contribution in [2.75, 3.05) is 11.9 Å². The summed E-state index contributed by atoms with van der Waals surface area (Å²) in [6, 6.07) is 9.97. The number of benzene rings is 1. The minimum atomic E-state index is -0.629. The molecule has 1 aliphatic rings. The van der Waals surface area contributed by atoms with Gasteiger partial charge in [0, 0.05) is 49.4 Å². The Kier molecular flexibility index (Phi) is 8.43. The molecule has 0 unspecified atom stereocenters. The zero-order chi connectivity index (χ0) is 35.4. The Balaban J connectivity index is 1.35. The number of nitrogens with one attached hydrogen (secondary N) is 1. The molecule has 0 atom stereocenters. The van der Waals surface area contributed by atoms with Crippen LogP contribution in [-0.2, 0) is 36.9 Å². The number of nitrogens with zero attached hydrogens (tertiary/aromatic N) is 6. The molecule has 1 aromatic carbocycles. The molecule has 12 nitrogen and oxygen atoms in total. The summed E-state index contributed by atoms with van der Waals surface area (Å²) in [7, 11) is 1.61. The molecule has 2 N–H and O–H groups in total. The van der Waals surface area contributed by atoms with E-state index in [0.717, 1.165) is 11.3 Å². The van der Waals surface area contributed by atoms with E-state index in [1.807, 2.05) is 47.6 Å². The lowest BCUT2D eigenvalue weighted by Crippen LogP contribution is -2.41. The van der Waals surface area contributed by atoms with E-state index in [4.69, 9.17) is 4.74 Å². The van der Waals surface area contributed by atoms with E-state index in [0.29, 0.717) is 47.5 Å². The van der Waals surface area contributed by atoms with Crippen molar-refractivity contribution in [2.45, 2.75) is 72.3 Å². The number of pyridine rings is 3. The van der Waals surface area contributed by atoms with E-state index in [9.17, 15) is 19.5 Å². The number of hydrogen-bond acceptors (Lipinski definition) is 8. The van der Waals surface area contributed by atoms with Crippen LogP contribution in [-0.4, -0.2) is 52.1 Å². The second-order valence-electron chi connectivity index (χ2n) is 14.3. The number of carbonyl (C=O) groups excluding carboxylic acids is 1. The van der Waals surface area contributed by atoms with Gasteiger partial charge in [0.2, 0.25) is 0 Å². The van der Waals surface area contributed by atoms with Crippen LogP contribution in [0.25, 0.3) is 27.7 Å². The second kappa shape index (κ2) is 12.3. The van der Waals surface area contributed by atoms with Gasteiger partial charge < -0.3 is 24.6 Å². The molecule has 0 saturated heterocycles. The van der Waals surface area contributed by atoms with Gasteiger partial charge in [0.05, 0.1) is 30.8 Å². The summed E-state index contributed by atoms with van der Waals surface area (Å²) in [6.07, 6.45) is 4.25. The lowest BCUT2D eigenvalue weighted by molar-refractivity contribution is 0.0194. The van der Waals surface area contributed by atoms with Crippen molar-refractivity contribution in [3.05, 3.63) is 98.3 Å². The maximum Gasteiger partial charge on any atom is 0.410 e. The van der Waals surface area contributed by atoms with Crippen LogP contribution in [0.1, 0.15) is 58.4 Å². The van der Waals surface area contributed by atoms with Crippen LogP contribution in [0.2, 0.25) is 0 Å². The van der Waals surface area contributed by atoms with E-state index in [1.165, 1.54) is 27.6 Å². The molecule has 256 valence electrons. The Morgan fingerprint density at radius 1 is 1.04 bits per heavy atom. The monoisotopic (exact) mass is 669 g/mol. The van der Waals surface area contributed by atoms with Gasteiger partial charge in [-0.3, -0.25) is 18.8 Å². The first kappa shape index (κ1) is 33.6. The van der Waals surface area contributed by atoms with Crippen molar-refractivity contribution < 1.29 is 19.0 Å². The van der Waals surface area contributed by atoms with Crippen LogP contribution >= 0.6 is 0 Å². The number of fused-ring (bicyclic) bond motifs is 2. The van der Waals surface area contributed by atoms with Crippen molar-refractivity contribution in [1.82, 2.24) is 28.8 Å². The van der Waals surface area contributed by atoms with E-state index in [-0.39, 0.29) is 27.9 Å². The fourth-order valence-electron chi connectivity index (χ4n) is 5.94. The van der Waals surface area contributed by atoms with Crippen LogP contribution in [0.15, 0.2) is 64.6 Å². The quantitative estimate of drug-likeness (QED) is 0.255. The van der Waals surface area contributed by atoms with Gasteiger partial charge in [-0.05, 0) is 67.0 Å². The third-order valence-electron chi connectivity index (χ3n) is 8.45. The minimum absolute atomic E-state index is 0.0721. The van der Waals surface area contributed by atoms with E-state index in [2.05, 4.69) is 15.4 Å². The molecule has 0 spiro atoms. The zero-order valence-electron chi connectivity index (χ0n) is 28.7. The van der Waals surface area contributed by atoms with Gasteiger partial charge >= 0.3 is 6.09 Å². The molecule has 13 heteroatoms. The number of hydrogen-bond donors (Lipinski definition) is 2. The van der Waals surface area contributed by atoms with Crippen LogP contribution in [0.4, 0.5) is 20.7 Å². The first-order valence-electron chi connectivity index (χ1n) is 16.0. The minimum Gasteiger partial charge on any atom is -0.444 e. The van der Waals surface area contributed by atoms with E-state index >= 15 is 4.39 Å². The average Bonchev–Trinajstić information content (AvgIpc) is 3.43. The zero-order valence-corrected chi connectivity index (χ0v) is 28.7. The molecule has 0 radical (unpaired) electrons. The first-order chi connectivity index (χ1) is 23.0. The Bertz CT molecular complexity index is 2220. The molecule has 1 amide bonds. The van der Waals surface area contributed by atoms with Gasteiger partial charge in [-0.15, -0.1) is 0 Å². The summed E-state index contributed by atoms with van der Waals surface area (Å²) in [5.41, 5.74) is 1.33. The Hall–Kier alpha value is -5.30. The number of aliphatic hydroxyl groups excluding tert-OH is 1. The molecule has 6 rings (SSSR count). The van der Waals surface area contributed by atoms with Gasteiger partial charge in [-0.2, -0.15) is 5.10 Å². The lowest BCUT2D eigenvalue weighted by Gasteiger charge is -2.30. The van der Waals surface area contributed by atoms with Gasteiger partial charge in [0.15, 0.2) is 5.82 Å². The SMILES string of the molecule is Cn1cc(-c2ccnc(-n3ccc4cc(C(C)(C)C)cc(F)c4c3=O)c2CO)cc(Nc2cc3n(n2)CCN(C(=O)OC(C)(C)C)C3)c1=O. The van der Waals surface area contributed by atoms with Crippen molar-refractivity contribution in [3.8, 4) is 16.9 Å². The molecule has 0 bridgehead atoms. The molecule has 5 aromatic rings. The smallest absolute Gasteiger partial charge is 0.410 e. The van der Waals surface area contributed by atoms with Crippen molar-refractivity contribution in [3.63, 3.8) is 0 Å². The Morgan fingerprint density at radius 3 is 2.49 bits per heavy atom. The highest BCUT2D eigenvalue weighted by Gasteiger charge is 2.27. The standard InChI is InChI=1S/C36H40FN7O5/c1-35(2,3)23-14-21-9-11-43(33(47)30(21)27(37)16-23)31-26(20-45)25(8-10-38-31)22-15-28(32(46)41(7)18-22)39-29-17-24-19-42(12-13-44(24)40-29)34(48)49-36(4,5)6/h8-11,14-18,45H,12-13,19-20H2,1-7H3,(H,39,40). The number of aromatic nitrogens is 5. The highest BCUT2D eigenvalue weighted by Crippen LogP contribution is 2.31. The van der Waals surface area contributed by atoms with Gasteiger partial charge in [0.1, 0.15) is 22.9 Å². The fraction of sp³-hybridized carbons (Fsp3) is 0.361. The fourth-order valence-corrected chi connectivity index (χ4v) is 5.94. The predicted octanol–water partition coefficient (Wildman–Crippen LogP) is 5.37. The number of anilines is 2. The molecular formula is C36H40FN7O5. The van der Waals surface area contributed by atoms with E-state index < -0.39 is 29.7 Å². The van der Waals surface area contributed by atoms with Crippen molar-refractivity contribution in [2.24, 2.45) is 7.05 Å². The number of ether oxygens (including phenoxy) is 1. The van der Waals surface area contributed by atoms with Crippen molar-refractivity contribution in [1.29, 1.82) is 0 Å². The molecule has 0 aliphatic carbocycles. The van der Waals surface area contributed by atoms with Crippen LogP contribution in [0.3, 0.4) is 0 Å². The Morgan fingerprint density at radius 2 is 1.80 bits per heavy atom. The third-order valence-corrected chi connectivity index (χ3v) is 8.45. The predicted molar refractivity (Wildman–Crippen MR) is 185 cm³/mol. The molecule has 5 heterocycles. The number of halogens is 1.